The van der Waals surface area contributed by atoms with E-state index in [4.69, 9.17) is 0 Å². The summed E-state index contributed by atoms with van der Waals surface area (Å²) >= 11 is 0. The maximum Gasteiger partial charge on any atom is 0.416 e. The van der Waals surface area contributed by atoms with E-state index in [9.17, 15) is 13.2 Å². The maximum atomic E-state index is 12.7. The molecule has 1 aliphatic rings. The number of hydrogen-bond donors (Lipinski definition) is 0. The lowest BCUT2D eigenvalue weighted by Crippen LogP contribution is -2.23. The molecular weight excluding hydrogens is 201 g/mol. The quantitative estimate of drug-likeness (QED) is 0.656. The molecule has 1 aromatic carbocycles. The van der Waals surface area contributed by atoms with Crippen LogP contribution >= 0.6 is 0 Å². The Labute approximate surface area is 87.1 Å². The van der Waals surface area contributed by atoms with Crippen LogP contribution in [0.1, 0.15) is 36.8 Å². The molecule has 2 rings (SSSR count). The van der Waals surface area contributed by atoms with Crippen molar-refractivity contribution in [3.05, 3.63) is 35.4 Å². The van der Waals surface area contributed by atoms with Crippen LogP contribution in [0.3, 0.4) is 0 Å². The van der Waals surface area contributed by atoms with E-state index in [1.165, 1.54) is 12.1 Å². The summed E-state index contributed by atoms with van der Waals surface area (Å²) in [4.78, 5) is 0. The van der Waals surface area contributed by atoms with Crippen molar-refractivity contribution in [2.75, 3.05) is 0 Å². The summed E-state index contributed by atoms with van der Waals surface area (Å²) in [5.74, 6) is 0.483. The van der Waals surface area contributed by atoms with Crippen molar-refractivity contribution < 1.29 is 13.2 Å². The van der Waals surface area contributed by atoms with Crippen LogP contribution in [-0.2, 0) is 6.18 Å². The molecule has 0 saturated heterocycles. The zero-order chi connectivity index (χ0) is 11.1. The highest BCUT2D eigenvalue weighted by Gasteiger charge is 2.38. The maximum absolute atomic E-state index is 12.7. The minimum atomic E-state index is -4.22. The van der Waals surface area contributed by atoms with Crippen molar-refractivity contribution in [3.63, 3.8) is 0 Å². The molecule has 15 heavy (non-hydrogen) atoms. The largest absolute Gasteiger partial charge is 0.416 e. The Balaban J connectivity index is 2.38. The van der Waals surface area contributed by atoms with E-state index in [-0.39, 0.29) is 5.92 Å². The van der Waals surface area contributed by atoms with E-state index in [2.05, 4.69) is 0 Å². The summed E-state index contributed by atoms with van der Waals surface area (Å²) in [5, 5.41) is 0. The van der Waals surface area contributed by atoms with Gasteiger partial charge in [-0.3, -0.25) is 0 Å². The monoisotopic (exact) mass is 214 g/mol. The standard InChI is InChI=1S/C12H13F3/c1-8-6-7-9(8)10-4-2-3-5-11(10)12(13,14)15/h2-5,8-9H,6-7H2,1H3. The van der Waals surface area contributed by atoms with Crippen molar-refractivity contribution in [3.8, 4) is 0 Å². The van der Waals surface area contributed by atoms with Crippen LogP contribution in [0.25, 0.3) is 0 Å². The molecule has 0 heterocycles. The van der Waals surface area contributed by atoms with Gasteiger partial charge in [0.25, 0.3) is 0 Å². The molecule has 0 aromatic heterocycles. The summed E-state index contributed by atoms with van der Waals surface area (Å²) < 4.78 is 38.1. The molecule has 0 nitrogen and oxygen atoms in total. The molecule has 1 saturated carbocycles. The van der Waals surface area contributed by atoms with E-state index >= 15 is 0 Å². The first kappa shape index (κ1) is 10.5. The molecule has 1 fully saturated rings. The van der Waals surface area contributed by atoms with Crippen molar-refractivity contribution in [1.29, 1.82) is 0 Å². The lowest BCUT2D eigenvalue weighted by molar-refractivity contribution is -0.138. The fourth-order valence-electron chi connectivity index (χ4n) is 2.21. The van der Waals surface area contributed by atoms with Gasteiger partial charge in [0, 0.05) is 0 Å². The van der Waals surface area contributed by atoms with Gasteiger partial charge in [-0.25, -0.2) is 0 Å². The molecule has 0 N–H and O–H groups in total. The fourth-order valence-corrected chi connectivity index (χ4v) is 2.21. The number of halogens is 3. The number of rotatable bonds is 1. The van der Waals surface area contributed by atoms with Gasteiger partial charge in [0.15, 0.2) is 0 Å². The van der Waals surface area contributed by atoms with Crippen molar-refractivity contribution in [2.45, 2.75) is 31.9 Å². The van der Waals surface area contributed by atoms with E-state index in [0.717, 1.165) is 12.8 Å². The Bertz CT molecular complexity index is 354. The molecule has 3 heteroatoms. The van der Waals surface area contributed by atoms with E-state index in [1.54, 1.807) is 12.1 Å². The average molecular weight is 214 g/mol. The Morgan fingerprint density at radius 1 is 1.13 bits per heavy atom. The summed E-state index contributed by atoms with van der Waals surface area (Å²) in [7, 11) is 0. The van der Waals surface area contributed by atoms with Crippen molar-refractivity contribution in [2.24, 2.45) is 5.92 Å². The summed E-state index contributed by atoms with van der Waals surface area (Å²) in [6, 6.07) is 5.94. The van der Waals surface area contributed by atoms with Crippen molar-refractivity contribution in [1.82, 2.24) is 0 Å². The van der Waals surface area contributed by atoms with Crippen LogP contribution in [0.4, 0.5) is 13.2 Å². The van der Waals surface area contributed by atoms with Gasteiger partial charge in [-0.05, 0) is 36.3 Å². The first-order valence-electron chi connectivity index (χ1n) is 5.16. The summed E-state index contributed by atoms with van der Waals surface area (Å²) in [6.07, 6.45) is -2.29. The topological polar surface area (TPSA) is 0 Å². The highest BCUT2D eigenvalue weighted by atomic mass is 19.4. The number of alkyl halides is 3. The van der Waals surface area contributed by atoms with E-state index < -0.39 is 11.7 Å². The lowest BCUT2D eigenvalue weighted by atomic mass is 9.70. The summed E-state index contributed by atoms with van der Waals surface area (Å²) in [6.45, 7) is 2.02. The highest BCUT2D eigenvalue weighted by molar-refractivity contribution is 5.34. The van der Waals surface area contributed by atoms with Crippen LogP contribution < -0.4 is 0 Å². The zero-order valence-electron chi connectivity index (χ0n) is 8.51. The average Bonchev–Trinajstić information content (AvgIpc) is 2.15. The van der Waals surface area contributed by atoms with Crippen LogP contribution in [0, 0.1) is 5.92 Å². The van der Waals surface area contributed by atoms with Gasteiger partial charge in [0.05, 0.1) is 5.56 Å². The van der Waals surface area contributed by atoms with Crippen LogP contribution in [0.5, 0.6) is 0 Å². The predicted octanol–water partition coefficient (Wildman–Crippen LogP) is 4.22. The van der Waals surface area contributed by atoms with E-state index in [0.29, 0.717) is 11.5 Å². The van der Waals surface area contributed by atoms with Crippen LogP contribution in [0.2, 0.25) is 0 Å². The Hall–Kier alpha value is -0.990. The second-order valence-corrected chi connectivity index (χ2v) is 4.25. The van der Waals surface area contributed by atoms with Gasteiger partial charge in [-0.15, -0.1) is 0 Å². The minimum Gasteiger partial charge on any atom is -0.166 e. The Kier molecular flexibility index (Phi) is 2.49. The predicted molar refractivity (Wildman–Crippen MR) is 52.6 cm³/mol. The second-order valence-electron chi connectivity index (χ2n) is 4.25. The third-order valence-electron chi connectivity index (χ3n) is 3.29. The molecule has 0 spiro atoms. The third kappa shape index (κ3) is 1.87. The molecule has 0 amide bonds. The van der Waals surface area contributed by atoms with Crippen LogP contribution in [0.15, 0.2) is 24.3 Å². The molecule has 1 aliphatic carbocycles. The van der Waals surface area contributed by atoms with Gasteiger partial charge >= 0.3 is 6.18 Å². The Morgan fingerprint density at radius 3 is 2.27 bits per heavy atom. The third-order valence-corrected chi connectivity index (χ3v) is 3.29. The fraction of sp³-hybridized carbons (Fsp3) is 0.500. The van der Waals surface area contributed by atoms with Crippen molar-refractivity contribution >= 4 is 0 Å². The smallest absolute Gasteiger partial charge is 0.166 e. The van der Waals surface area contributed by atoms with Gasteiger partial charge < -0.3 is 0 Å². The van der Waals surface area contributed by atoms with Gasteiger partial charge in [-0.1, -0.05) is 25.1 Å². The first-order chi connectivity index (χ1) is 7.00. The van der Waals surface area contributed by atoms with E-state index in [1.807, 2.05) is 6.92 Å². The zero-order valence-corrected chi connectivity index (χ0v) is 8.51. The Morgan fingerprint density at radius 2 is 1.80 bits per heavy atom. The number of benzene rings is 1. The van der Waals surface area contributed by atoms with Gasteiger partial charge in [0.1, 0.15) is 0 Å². The molecule has 2 atom stereocenters. The SMILES string of the molecule is CC1CCC1c1ccccc1C(F)(F)F. The molecule has 2 unspecified atom stereocenters. The molecule has 1 aromatic rings. The van der Waals surface area contributed by atoms with Gasteiger partial charge in [-0.2, -0.15) is 13.2 Å². The minimum absolute atomic E-state index is 0.0998. The summed E-state index contributed by atoms with van der Waals surface area (Å²) in [5.41, 5.74) is 0.0188. The molecule has 0 radical (unpaired) electrons. The second kappa shape index (κ2) is 3.54. The van der Waals surface area contributed by atoms with Crippen LogP contribution in [-0.4, -0.2) is 0 Å². The molecule has 82 valence electrons. The number of hydrogen-bond acceptors (Lipinski definition) is 0. The van der Waals surface area contributed by atoms with Gasteiger partial charge in [0.2, 0.25) is 0 Å². The highest BCUT2D eigenvalue weighted by Crippen LogP contribution is 2.46. The lowest BCUT2D eigenvalue weighted by Gasteiger charge is -2.35. The molecule has 0 bridgehead atoms. The molecular formula is C12H13F3. The first-order valence-corrected chi connectivity index (χ1v) is 5.16. The molecule has 0 aliphatic heterocycles. The normalized spacial score (nSPS) is 26.1.